The minimum atomic E-state index is 0.0209. The molecule has 1 aromatic carbocycles. The summed E-state index contributed by atoms with van der Waals surface area (Å²) < 4.78 is 1.97. The van der Waals surface area contributed by atoms with Crippen molar-refractivity contribution in [2.24, 2.45) is 0 Å². The molecule has 6 nitrogen and oxygen atoms in total. The third-order valence-electron chi connectivity index (χ3n) is 5.17. The van der Waals surface area contributed by atoms with Crippen LogP contribution < -0.4 is 5.32 Å². The molecule has 28 heavy (non-hydrogen) atoms. The van der Waals surface area contributed by atoms with Gasteiger partial charge in [-0.3, -0.25) is 14.5 Å². The normalized spacial score (nSPS) is 15.1. The van der Waals surface area contributed by atoms with Gasteiger partial charge in [-0.15, -0.1) is 0 Å². The van der Waals surface area contributed by atoms with E-state index in [9.17, 15) is 9.59 Å². The quantitative estimate of drug-likeness (QED) is 0.696. The Morgan fingerprint density at radius 1 is 1.04 bits per heavy atom. The molecule has 2 aromatic heterocycles. The number of piperazine rings is 1. The molecular formula is C21H24N4O2S. The van der Waals surface area contributed by atoms with Crippen LogP contribution in [0.1, 0.15) is 10.4 Å². The molecule has 2 amide bonds. The minimum absolute atomic E-state index is 0.0209. The highest BCUT2D eigenvalue weighted by Crippen LogP contribution is 2.15. The van der Waals surface area contributed by atoms with Gasteiger partial charge in [0.1, 0.15) is 6.54 Å². The van der Waals surface area contributed by atoms with Crippen molar-refractivity contribution in [1.29, 1.82) is 0 Å². The van der Waals surface area contributed by atoms with Gasteiger partial charge in [0.05, 0.1) is 5.56 Å². The van der Waals surface area contributed by atoms with Crippen LogP contribution >= 0.6 is 11.3 Å². The van der Waals surface area contributed by atoms with E-state index in [2.05, 4.69) is 10.2 Å². The zero-order chi connectivity index (χ0) is 19.3. The van der Waals surface area contributed by atoms with Crippen LogP contribution in [-0.4, -0.2) is 65.4 Å². The van der Waals surface area contributed by atoms with Crippen molar-refractivity contribution < 1.29 is 9.59 Å². The largest absolute Gasteiger partial charge is 0.353 e. The van der Waals surface area contributed by atoms with Crippen molar-refractivity contribution in [3.8, 4) is 0 Å². The highest BCUT2D eigenvalue weighted by atomic mass is 32.1. The molecule has 1 fully saturated rings. The van der Waals surface area contributed by atoms with E-state index in [0.29, 0.717) is 13.1 Å². The van der Waals surface area contributed by atoms with Crippen LogP contribution in [0, 0.1) is 0 Å². The van der Waals surface area contributed by atoms with Crippen molar-refractivity contribution >= 4 is 34.1 Å². The van der Waals surface area contributed by atoms with E-state index in [4.69, 9.17) is 0 Å². The lowest BCUT2D eigenvalue weighted by molar-refractivity contribution is -0.121. The lowest BCUT2D eigenvalue weighted by Crippen LogP contribution is -2.50. The summed E-state index contributed by atoms with van der Waals surface area (Å²) in [4.78, 5) is 28.8. The molecular weight excluding hydrogens is 372 g/mol. The van der Waals surface area contributed by atoms with Gasteiger partial charge in [0, 0.05) is 56.4 Å². The van der Waals surface area contributed by atoms with Crippen LogP contribution in [0.25, 0.3) is 10.9 Å². The van der Waals surface area contributed by atoms with E-state index in [1.807, 2.05) is 62.8 Å². The lowest BCUT2D eigenvalue weighted by atomic mass is 10.2. The maximum absolute atomic E-state index is 12.4. The molecule has 1 N–H and O–H groups in total. The number of aromatic nitrogens is 1. The minimum Gasteiger partial charge on any atom is -0.353 e. The molecule has 146 valence electrons. The second-order valence-electron chi connectivity index (χ2n) is 7.00. The Morgan fingerprint density at radius 3 is 2.64 bits per heavy atom. The molecule has 7 heteroatoms. The molecule has 1 aliphatic heterocycles. The predicted octanol–water partition coefficient (Wildman–Crippen LogP) is 2.28. The lowest BCUT2D eigenvalue weighted by Gasteiger charge is -2.34. The Kier molecular flexibility index (Phi) is 5.73. The fourth-order valence-corrected chi connectivity index (χ4v) is 4.22. The molecule has 3 aromatic rings. The third-order valence-corrected chi connectivity index (χ3v) is 5.86. The molecule has 1 aliphatic rings. The van der Waals surface area contributed by atoms with Crippen molar-refractivity contribution in [3.63, 3.8) is 0 Å². The van der Waals surface area contributed by atoms with Crippen LogP contribution in [0.2, 0.25) is 0 Å². The van der Waals surface area contributed by atoms with Gasteiger partial charge in [-0.2, -0.15) is 11.3 Å². The zero-order valence-corrected chi connectivity index (χ0v) is 16.5. The number of hydrogen-bond donors (Lipinski definition) is 1. The number of amides is 2. The van der Waals surface area contributed by atoms with E-state index < -0.39 is 0 Å². The van der Waals surface area contributed by atoms with E-state index in [1.54, 1.807) is 11.3 Å². The molecule has 0 radical (unpaired) electrons. The highest BCUT2D eigenvalue weighted by molar-refractivity contribution is 7.08. The standard InChI is InChI=1S/C21H24N4O2S/c26-20(15-25-8-5-17-3-1-2-4-19(17)25)22-7-9-23-10-12-24(13-11-23)21(27)18-6-14-28-16-18/h1-6,8,14,16H,7,9-13,15H2,(H,22,26). The van der Waals surface area contributed by atoms with Gasteiger partial charge in [-0.05, 0) is 29.0 Å². The second-order valence-corrected chi connectivity index (χ2v) is 7.78. The van der Waals surface area contributed by atoms with Gasteiger partial charge >= 0.3 is 0 Å². The number of para-hydroxylation sites is 1. The smallest absolute Gasteiger partial charge is 0.254 e. The van der Waals surface area contributed by atoms with Gasteiger partial charge in [-0.1, -0.05) is 18.2 Å². The Hall–Kier alpha value is -2.64. The molecule has 0 spiro atoms. The summed E-state index contributed by atoms with van der Waals surface area (Å²) in [6.45, 7) is 4.91. The van der Waals surface area contributed by atoms with E-state index in [0.717, 1.165) is 49.2 Å². The molecule has 1 saturated heterocycles. The van der Waals surface area contributed by atoms with Crippen LogP contribution in [0.5, 0.6) is 0 Å². The number of thiophene rings is 1. The first-order valence-electron chi connectivity index (χ1n) is 9.55. The molecule has 0 aliphatic carbocycles. The fourth-order valence-electron chi connectivity index (χ4n) is 3.59. The van der Waals surface area contributed by atoms with Crippen LogP contribution in [0.3, 0.4) is 0 Å². The summed E-state index contributed by atoms with van der Waals surface area (Å²) in [7, 11) is 0. The molecule has 0 atom stereocenters. The van der Waals surface area contributed by atoms with Crippen LogP contribution in [-0.2, 0) is 11.3 Å². The van der Waals surface area contributed by atoms with Gasteiger partial charge in [0.15, 0.2) is 0 Å². The fraction of sp³-hybridized carbons (Fsp3) is 0.333. The molecule has 3 heterocycles. The number of nitrogens with one attached hydrogen (secondary N) is 1. The average molecular weight is 397 g/mol. The van der Waals surface area contributed by atoms with Crippen molar-refractivity contribution in [1.82, 2.24) is 19.7 Å². The summed E-state index contributed by atoms with van der Waals surface area (Å²) in [6, 6.07) is 12.0. The van der Waals surface area contributed by atoms with Gasteiger partial charge < -0.3 is 14.8 Å². The average Bonchev–Trinajstić information content (AvgIpc) is 3.39. The Balaban J connectivity index is 1.19. The van der Waals surface area contributed by atoms with Gasteiger partial charge in [0.25, 0.3) is 5.91 Å². The second kappa shape index (κ2) is 8.58. The molecule has 0 saturated carbocycles. The first-order valence-corrected chi connectivity index (χ1v) is 10.5. The number of fused-ring (bicyclic) bond motifs is 1. The highest BCUT2D eigenvalue weighted by Gasteiger charge is 2.22. The van der Waals surface area contributed by atoms with Crippen LogP contribution in [0.15, 0.2) is 53.4 Å². The topological polar surface area (TPSA) is 57.6 Å². The third kappa shape index (κ3) is 4.26. The monoisotopic (exact) mass is 396 g/mol. The number of carbonyl (C=O) groups excluding carboxylic acids is 2. The summed E-state index contributed by atoms with van der Waals surface area (Å²) in [5.41, 5.74) is 1.85. The van der Waals surface area contributed by atoms with E-state index >= 15 is 0 Å². The molecule has 0 bridgehead atoms. The summed E-state index contributed by atoms with van der Waals surface area (Å²) in [6.07, 6.45) is 1.95. The molecule has 0 unspecified atom stereocenters. The van der Waals surface area contributed by atoms with E-state index in [-0.39, 0.29) is 11.8 Å². The summed E-state index contributed by atoms with van der Waals surface area (Å²) in [5, 5.41) is 7.99. The van der Waals surface area contributed by atoms with Gasteiger partial charge in [-0.25, -0.2) is 0 Å². The number of carbonyl (C=O) groups is 2. The maximum atomic E-state index is 12.4. The predicted molar refractivity (Wildman–Crippen MR) is 112 cm³/mol. The Bertz CT molecular complexity index is 942. The van der Waals surface area contributed by atoms with Crippen molar-refractivity contribution in [2.45, 2.75) is 6.54 Å². The SMILES string of the molecule is O=C(Cn1ccc2ccccc21)NCCN1CCN(C(=O)c2ccsc2)CC1. The summed E-state index contributed by atoms with van der Waals surface area (Å²) >= 11 is 1.55. The number of nitrogens with zero attached hydrogens (tertiary/aromatic N) is 3. The van der Waals surface area contributed by atoms with Crippen molar-refractivity contribution in [3.05, 3.63) is 58.9 Å². The Morgan fingerprint density at radius 2 is 1.86 bits per heavy atom. The van der Waals surface area contributed by atoms with Gasteiger partial charge in [0.2, 0.25) is 5.91 Å². The van der Waals surface area contributed by atoms with Crippen molar-refractivity contribution in [2.75, 3.05) is 39.3 Å². The summed E-state index contributed by atoms with van der Waals surface area (Å²) in [5.74, 6) is 0.140. The number of benzene rings is 1. The van der Waals surface area contributed by atoms with Crippen LogP contribution in [0.4, 0.5) is 0 Å². The first kappa shape index (κ1) is 18.7. The zero-order valence-electron chi connectivity index (χ0n) is 15.7. The Labute approximate surface area is 168 Å². The number of rotatable bonds is 6. The molecule has 4 rings (SSSR count). The van der Waals surface area contributed by atoms with E-state index in [1.165, 1.54) is 0 Å². The first-order chi connectivity index (χ1) is 13.7. The maximum Gasteiger partial charge on any atom is 0.254 e. The number of hydrogen-bond acceptors (Lipinski definition) is 4.